The summed E-state index contributed by atoms with van der Waals surface area (Å²) in [5, 5.41) is 1.87. The normalized spacial score (nSPS) is 13.1. The maximum atomic E-state index is 13.5. The molecule has 0 saturated carbocycles. The highest BCUT2D eigenvalue weighted by Crippen LogP contribution is 2.14. The van der Waals surface area contributed by atoms with Crippen LogP contribution in [0, 0.1) is 5.82 Å². The summed E-state index contributed by atoms with van der Waals surface area (Å²) in [7, 11) is -4.29. The fourth-order valence-electron chi connectivity index (χ4n) is 1.45. The Bertz CT molecular complexity index is 643. The van der Waals surface area contributed by atoms with Crippen molar-refractivity contribution in [1.82, 2.24) is 10.0 Å². The number of halogens is 4. The van der Waals surface area contributed by atoms with Crippen molar-refractivity contribution in [1.29, 1.82) is 0 Å². The molecule has 6 nitrogen and oxygen atoms in total. The molecule has 1 rings (SSSR count). The third kappa shape index (κ3) is 6.34. The van der Waals surface area contributed by atoms with Crippen molar-refractivity contribution in [2.45, 2.75) is 23.8 Å². The summed E-state index contributed by atoms with van der Waals surface area (Å²) >= 11 is 0. The molecule has 4 N–H and O–H groups in total. The molecule has 0 aliphatic carbocycles. The number of sulfonamides is 1. The van der Waals surface area contributed by atoms with E-state index in [2.05, 4.69) is 0 Å². The summed E-state index contributed by atoms with van der Waals surface area (Å²) in [6.07, 6.45) is 0. The van der Waals surface area contributed by atoms with Crippen LogP contribution < -0.4 is 15.8 Å². The lowest BCUT2D eigenvalue weighted by Gasteiger charge is -2.18. The topological polar surface area (TPSA) is 101 Å². The van der Waals surface area contributed by atoms with Crippen LogP contribution in [0.1, 0.15) is 6.92 Å². The molecular formula is C12H17ClF3N3O3S. The molecule has 0 saturated heterocycles. The Hall–Kier alpha value is -1.36. The minimum absolute atomic E-state index is 0. The third-order valence-electron chi connectivity index (χ3n) is 2.67. The lowest BCUT2D eigenvalue weighted by Crippen LogP contribution is -2.49. The van der Waals surface area contributed by atoms with Gasteiger partial charge in [-0.3, -0.25) is 4.79 Å². The summed E-state index contributed by atoms with van der Waals surface area (Å²) in [5.41, 5.74) is 4.81. The molecule has 1 atom stereocenters. The average Bonchev–Trinajstić information content (AvgIpc) is 2.44. The Labute approximate surface area is 138 Å². The van der Waals surface area contributed by atoms with Crippen molar-refractivity contribution >= 4 is 28.3 Å². The van der Waals surface area contributed by atoms with E-state index < -0.39 is 51.7 Å². The second-order valence-electron chi connectivity index (χ2n) is 4.55. The molecule has 132 valence electrons. The number of carbonyl (C=O) groups is 1. The third-order valence-corrected chi connectivity index (χ3v) is 4.25. The van der Waals surface area contributed by atoms with E-state index in [9.17, 15) is 26.4 Å². The zero-order valence-electron chi connectivity index (χ0n) is 12.1. The van der Waals surface area contributed by atoms with Gasteiger partial charge >= 0.3 is 0 Å². The molecule has 1 amide bonds. The summed E-state index contributed by atoms with van der Waals surface area (Å²) < 4.78 is 65.0. The SMILES string of the molecule is CC(NS(=O)(=O)c1ccccc1F)C(=O)NCC(F)(F)CN.Cl. The molecule has 0 fully saturated rings. The summed E-state index contributed by atoms with van der Waals surface area (Å²) in [5.74, 6) is -5.26. The van der Waals surface area contributed by atoms with Gasteiger partial charge in [-0.25, -0.2) is 21.6 Å². The predicted octanol–water partition coefficient (Wildman–Crippen LogP) is 0.625. The Morgan fingerprint density at radius 1 is 1.35 bits per heavy atom. The Balaban J connectivity index is 0.00000484. The Kier molecular flexibility index (Phi) is 7.98. The van der Waals surface area contributed by atoms with Crippen LogP contribution in [0.15, 0.2) is 29.2 Å². The van der Waals surface area contributed by atoms with Crippen LogP contribution in [-0.4, -0.2) is 39.4 Å². The number of hydrogen-bond acceptors (Lipinski definition) is 4. The van der Waals surface area contributed by atoms with Crippen molar-refractivity contribution in [2.75, 3.05) is 13.1 Å². The van der Waals surface area contributed by atoms with Crippen LogP contribution in [0.5, 0.6) is 0 Å². The fourth-order valence-corrected chi connectivity index (χ4v) is 2.74. The first-order valence-electron chi connectivity index (χ1n) is 6.21. The zero-order valence-corrected chi connectivity index (χ0v) is 13.7. The largest absolute Gasteiger partial charge is 0.349 e. The molecule has 1 aromatic rings. The van der Waals surface area contributed by atoms with E-state index in [1.165, 1.54) is 12.1 Å². The average molecular weight is 376 g/mol. The lowest BCUT2D eigenvalue weighted by atomic mass is 10.3. The van der Waals surface area contributed by atoms with Gasteiger partial charge in [0.25, 0.3) is 5.92 Å². The van der Waals surface area contributed by atoms with E-state index >= 15 is 0 Å². The molecule has 0 radical (unpaired) electrons. The van der Waals surface area contributed by atoms with Crippen molar-refractivity contribution < 1.29 is 26.4 Å². The number of hydrogen-bond donors (Lipinski definition) is 3. The molecule has 23 heavy (non-hydrogen) atoms. The highest BCUT2D eigenvalue weighted by Gasteiger charge is 2.29. The summed E-state index contributed by atoms with van der Waals surface area (Å²) in [4.78, 5) is 11.0. The molecule has 0 heterocycles. The summed E-state index contributed by atoms with van der Waals surface area (Å²) in [6, 6.07) is 3.22. The van der Waals surface area contributed by atoms with E-state index in [-0.39, 0.29) is 12.4 Å². The van der Waals surface area contributed by atoms with Gasteiger partial charge in [-0.1, -0.05) is 12.1 Å². The summed E-state index contributed by atoms with van der Waals surface area (Å²) in [6.45, 7) is -0.828. The molecule has 11 heteroatoms. The maximum Gasteiger partial charge on any atom is 0.277 e. The maximum absolute atomic E-state index is 13.5. The van der Waals surface area contributed by atoms with E-state index in [0.29, 0.717) is 0 Å². The van der Waals surface area contributed by atoms with Gasteiger partial charge in [0.2, 0.25) is 15.9 Å². The van der Waals surface area contributed by atoms with Gasteiger partial charge in [0.05, 0.1) is 19.1 Å². The molecule has 1 aromatic carbocycles. The van der Waals surface area contributed by atoms with Crippen molar-refractivity contribution in [3.8, 4) is 0 Å². The van der Waals surface area contributed by atoms with E-state index in [1.807, 2.05) is 10.0 Å². The van der Waals surface area contributed by atoms with Crippen molar-refractivity contribution in [3.05, 3.63) is 30.1 Å². The number of amides is 1. The van der Waals surface area contributed by atoms with Crippen molar-refractivity contribution in [3.63, 3.8) is 0 Å². The van der Waals surface area contributed by atoms with Crippen LogP contribution in [0.4, 0.5) is 13.2 Å². The van der Waals surface area contributed by atoms with E-state index in [1.54, 1.807) is 0 Å². The number of carbonyl (C=O) groups excluding carboxylic acids is 1. The lowest BCUT2D eigenvalue weighted by molar-refractivity contribution is -0.124. The zero-order chi connectivity index (χ0) is 17.0. The molecule has 1 unspecified atom stereocenters. The van der Waals surface area contributed by atoms with E-state index in [4.69, 9.17) is 5.73 Å². The molecule has 0 spiro atoms. The molecular weight excluding hydrogens is 359 g/mol. The first-order chi connectivity index (χ1) is 10.1. The minimum Gasteiger partial charge on any atom is -0.349 e. The fraction of sp³-hybridized carbons (Fsp3) is 0.417. The van der Waals surface area contributed by atoms with Gasteiger partial charge < -0.3 is 11.1 Å². The van der Waals surface area contributed by atoms with Gasteiger partial charge in [0, 0.05) is 0 Å². The second-order valence-corrected chi connectivity index (χ2v) is 6.23. The van der Waals surface area contributed by atoms with Crippen LogP contribution in [0.2, 0.25) is 0 Å². The number of nitrogens with two attached hydrogens (primary N) is 1. The predicted molar refractivity (Wildman–Crippen MR) is 80.4 cm³/mol. The first kappa shape index (κ1) is 21.6. The Morgan fingerprint density at radius 2 is 1.91 bits per heavy atom. The monoisotopic (exact) mass is 375 g/mol. The quantitative estimate of drug-likeness (QED) is 0.650. The highest BCUT2D eigenvalue weighted by atomic mass is 35.5. The Morgan fingerprint density at radius 3 is 2.43 bits per heavy atom. The molecule has 0 aromatic heterocycles. The number of rotatable bonds is 7. The molecule has 0 bridgehead atoms. The smallest absolute Gasteiger partial charge is 0.277 e. The number of benzene rings is 1. The highest BCUT2D eigenvalue weighted by molar-refractivity contribution is 7.89. The second kappa shape index (κ2) is 8.48. The van der Waals surface area contributed by atoms with E-state index in [0.717, 1.165) is 19.1 Å². The standard InChI is InChI=1S/C12H16F3N3O3S.ClH/c1-8(11(19)17-7-12(14,15)6-16)18-22(20,21)10-5-3-2-4-9(10)13;/h2-5,8,18H,6-7,16H2,1H3,(H,17,19);1H. The van der Waals surface area contributed by atoms with Crippen LogP contribution >= 0.6 is 12.4 Å². The number of alkyl halides is 2. The molecule has 0 aliphatic rings. The van der Waals surface area contributed by atoms with Gasteiger partial charge in [-0.15, -0.1) is 12.4 Å². The van der Waals surface area contributed by atoms with Crippen LogP contribution in [0.25, 0.3) is 0 Å². The van der Waals surface area contributed by atoms with Gasteiger partial charge in [0.1, 0.15) is 10.7 Å². The van der Waals surface area contributed by atoms with Gasteiger partial charge in [-0.2, -0.15) is 4.72 Å². The van der Waals surface area contributed by atoms with Gasteiger partial charge in [0.15, 0.2) is 0 Å². The minimum atomic E-state index is -4.29. The van der Waals surface area contributed by atoms with Gasteiger partial charge in [-0.05, 0) is 19.1 Å². The van der Waals surface area contributed by atoms with Crippen molar-refractivity contribution in [2.24, 2.45) is 5.73 Å². The van der Waals surface area contributed by atoms with Crippen LogP contribution in [0.3, 0.4) is 0 Å². The van der Waals surface area contributed by atoms with Crippen LogP contribution in [-0.2, 0) is 14.8 Å². The molecule has 0 aliphatic heterocycles. The first-order valence-corrected chi connectivity index (χ1v) is 7.70. The number of nitrogens with one attached hydrogen (secondary N) is 2.